The number of anilines is 1. The Balaban J connectivity index is 1.40. The summed E-state index contributed by atoms with van der Waals surface area (Å²) in [5, 5.41) is 10.8. The molecule has 6 nitrogen and oxygen atoms in total. The number of aromatic amines is 1. The zero-order valence-electron chi connectivity index (χ0n) is 17.9. The van der Waals surface area contributed by atoms with Crippen LogP contribution in [0.1, 0.15) is 61.6 Å². The largest absolute Gasteiger partial charge is 0.358 e. The first-order chi connectivity index (χ1) is 14.5. The van der Waals surface area contributed by atoms with E-state index in [1.807, 2.05) is 38.1 Å². The third kappa shape index (κ3) is 3.53. The van der Waals surface area contributed by atoms with Crippen molar-refractivity contribution in [3.05, 3.63) is 35.5 Å². The normalized spacial score (nSPS) is 18.8. The molecule has 1 saturated heterocycles. The van der Waals surface area contributed by atoms with Gasteiger partial charge in [0.1, 0.15) is 0 Å². The number of thioether (sulfide) groups is 1. The minimum atomic E-state index is -0.223. The molecule has 0 spiro atoms. The van der Waals surface area contributed by atoms with Gasteiger partial charge in [-0.3, -0.25) is 9.36 Å². The molecule has 1 atom stereocenters. The van der Waals surface area contributed by atoms with Crippen molar-refractivity contribution >= 4 is 34.4 Å². The fraction of sp³-hybridized carbons (Fsp3) is 0.522. The number of ketones is 1. The van der Waals surface area contributed by atoms with Crippen molar-refractivity contribution in [3.8, 4) is 0 Å². The number of fused-ring (bicyclic) bond motifs is 1. The van der Waals surface area contributed by atoms with Crippen molar-refractivity contribution in [1.82, 2.24) is 19.7 Å². The number of rotatable bonds is 6. The van der Waals surface area contributed by atoms with Gasteiger partial charge in [0.05, 0.1) is 5.25 Å². The Kier molecular flexibility index (Phi) is 5.09. The lowest BCUT2D eigenvalue weighted by molar-refractivity contribution is 0.0995. The van der Waals surface area contributed by atoms with Crippen LogP contribution in [0.4, 0.5) is 5.95 Å². The molecule has 3 aromatic rings. The first-order valence-corrected chi connectivity index (χ1v) is 11.9. The van der Waals surface area contributed by atoms with Gasteiger partial charge in [0.15, 0.2) is 10.9 Å². The molecular formula is C23H29N5OS. The molecule has 7 heteroatoms. The summed E-state index contributed by atoms with van der Waals surface area (Å²) in [7, 11) is 0. The van der Waals surface area contributed by atoms with E-state index in [1.165, 1.54) is 25.7 Å². The summed E-state index contributed by atoms with van der Waals surface area (Å²) in [5.74, 6) is 1.92. The number of carbonyl (C=O) groups is 1. The molecule has 3 heterocycles. The molecule has 2 aliphatic rings. The number of aromatic nitrogens is 4. The predicted molar refractivity (Wildman–Crippen MR) is 122 cm³/mol. The van der Waals surface area contributed by atoms with Crippen LogP contribution in [0.2, 0.25) is 0 Å². The van der Waals surface area contributed by atoms with Crippen molar-refractivity contribution in [2.75, 3.05) is 18.0 Å². The highest BCUT2D eigenvalue weighted by Crippen LogP contribution is 2.42. The van der Waals surface area contributed by atoms with E-state index in [0.717, 1.165) is 52.3 Å². The molecule has 2 aromatic heterocycles. The van der Waals surface area contributed by atoms with Crippen LogP contribution < -0.4 is 4.90 Å². The molecule has 0 amide bonds. The van der Waals surface area contributed by atoms with Crippen LogP contribution in [0.3, 0.4) is 0 Å². The van der Waals surface area contributed by atoms with Crippen LogP contribution in [0.15, 0.2) is 29.4 Å². The molecule has 1 aromatic carbocycles. The Morgan fingerprint density at radius 1 is 1.17 bits per heavy atom. The second-order valence-corrected chi connectivity index (χ2v) is 10.2. The number of para-hydroxylation sites is 1. The summed E-state index contributed by atoms with van der Waals surface area (Å²) in [6.45, 7) is 8.37. The van der Waals surface area contributed by atoms with Crippen molar-refractivity contribution in [2.24, 2.45) is 5.92 Å². The van der Waals surface area contributed by atoms with Crippen molar-refractivity contribution in [3.63, 3.8) is 0 Å². The molecule has 0 bridgehead atoms. The summed E-state index contributed by atoms with van der Waals surface area (Å²) >= 11 is 1.55. The average molecular weight is 424 g/mol. The second kappa shape index (κ2) is 7.76. The number of aryl methyl sites for hydroxylation is 1. The van der Waals surface area contributed by atoms with E-state index >= 15 is 0 Å². The number of hydrogen-bond acceptors (Lipinski definition) is 5. The predicted octanol–water partition coefficient (Wildman–Crippen LogP) is 5.00. The average Bonchev–Trinajstić information content (AvgIpc) is 3.41. The van der Waals surface area contributed by atoms with E-state index in [2.05, 4.69) is 31.6 Å². The number of benzene rings is 1. The number of piperidine rings is 1. The molecule has 1 aliphatic carbocycles. The molecule has 30 heavy (non-hydrogen) atoms. The first kappa shape index (κ1) is 19.7. The molecule has 1 aliphatic heterocycles. The van der Waals surface area contributed by atoms with Crippen molar-refractivity contribution in [1.29, 1.82) is 0 Å². The zero-order chi connectivity index (χ0) is 20.8. The van der Waals surface area contributed by atoms with E-state index < -0.39 is 0 Å². The quantitative estimate of drug-likeness (QED) is 0.446. The summed E-state index contributed by atoms with van der Waals surface area (Å²) in [6.07, 6.45) is 4.75. The van der Waals surface area contributed by atoms with Crippen molar-refractivity contribution in [2.45, 2.75) is 62.9 Å². The maximum absolute atomic E-state index is 13.4. The third-order valence-corrected chi connectivity index (χ3v) is 7.47. The SMILES string of the molecule is Cc1[nH]c2ccccc2c1C(=O)C(C)Sc1nnc(N2CCC(C)CC2)n1C1CC1. The van der Waals surface area contributed by atoms with Gasteiger partial charge in [-0.15, -0.1) is 10.2 Å². The van der Waals surface area contributed by atoms with Crippen LogP contribution in [-0.4, -0.2) is 43.9 Å². The highest BCUT2D eigenvalue weighted by molar-refractivity contribution is 8.00. The Morgan fingerprint density at radius 2 is 1.90 bits per heavy atom. The highest BCUT2D eigenvalue weighted by Gasteiger charge is 2.34. The van der Waals surface area contributed by atoms with E-state index in [-0.39, 0.29) is 11.0 Å². The third-order valence-electron chi connectivity index (χ3n) is 6.42. The monoisotopic (exact) mass is 423 g/mol. The summed E-state index contributed by atoms with van der Waals surface area (Å²) < 4.78 is 2.30. The summed E-state index contributed by atoms with van der Waals surface area (Å²) in [4.78, 5) is 19.1. The van der Waals surface area contributed by atoms with E-state index in [4.69, 9.17) is 0 Å². The number of nitrogens with zero attached hydrogens (tertiary/aromatic N) is 4. The van der Waals surface area contributed by atoms with Gasteiger partial charge in [0.25, 0.3) is 0 Å². The van der Waals surface area contributed by atoms with Crippen molar-refractivity contribution < 1.29 is 4.79 Å². The molecule has 0 radical (unpaired) electrons. The lowest BCUT2D eigenvalue weighted by Gasteiger charge is -2.31. The molecule has 1 N–H and O–H groups in total. The topological polar surface area (TPSA) is 66.8 Å². The Bertz CT molecular complexity index is 1070. The highest BCUT2D eigenvalue weighted by atomic mass is 32.2. The lowest BCUT2D eigenvalue weighted by atomic mass is 10.00. The van der Waals surface area contributed by atoms with Gasteiger partial charge >= 0.3 is 0 Å². The minimum Gasteiger partial charge on any atom is -0.358 e. The van der Waals surface area contributed by atoms with Gasteiger partial charge in [-0.05, 0) is 51.5 Å². The van der Waals surface area contributed by atoms with E-state index in [1.54, 1.807) is 11.8 Å². The minimum absolute atomic E-state index is 0.147. The Labute approximate surface area is 181 Å². The van der Waals surface area contributed by atoms with Crippen LogP contribution in [0, 0.1) is 12.8 Å². The van der Waals surface area contributed by atoms with Gasteiger partial charge in [0.2, 0.25) is 5.95 Å². The van der Waals surface area contributed by atoms with Gasteiger partial charge in [-0.2, -0.15) is 0 Å². The van der Waals surface area contributed by atoms with Crippen LogP contribution in [0.25, 0.3) is 10.9 Å². The molecular weight excluding hydrogens is 394 g/mol. The smallest absolute Gasteiger partial charge is 0.228 e. The lowest BCUT2D eigenvalue weighted by Crippen LogP contribution is -2.34. The molecule has 5 rings (SSSR count). The second-order valence-electron chi connectivity index (χ2n) is 8.85. The van der Waals surface area contributed by atoms with E-state index in [0.29, 0.717) is 6.04 Å². The van der Waals surface area contributed by atoms with Crippen LogP contribution in [-0.2, 0) is 0 Å². The number of Topliss-reactive ketones (excluding diaryl/α,β-unsaturated/α-hetero) is 1. The van der Waals surface area contributed by atoms with E-state index in [9.17, 15) is 4.79 Å². The van der Waals surface area contributed by atoms with Gasteiger partial charge in [0, 0.05) is 41.3 Å². The maximum Gasteiger partial charge on any atom is 0.228 e. The number of carbonyl (C=O) groups excluding carboxylic acids is 1. The number of nitrogens with one attached hydrogen (secondary N) is 1. The number of hydrogen-bond donors (Lipinski definition) is 1. The molecule has 1 unspecified atom stereocenters. The van der Waals surface area contributed by atoms with Crippen LogP contribution >= 0.6 is 11.8 Å². The fourth-order valence-electron chi connectivity index (χ4n) is 4.44. The summed E-state index contributed by atoms with van der Waals surface area (Å²) in [5.41, 5.74) is 2.74. The van der Waals surface area contributed by atoms with Gasteiger partial charge in [-0.25, -0.2) is 0 Å². The zero-order valence-corrected chi connectivity index (χ0v) is 18.7. The molecule has 2 fully saturated rings. The Morgan fingerprint density at radius 3 is 2.63 bits per heavy atom. The molecule has 1 saturated carbocycles. The summed E-state index contributed by atoms with van der Waals surface area (Å²) in [6, 6.07) is 8.50. The maximum atomic E-state index is 13.4. The van der Waals surface area contributed by atoms with Crippen LogP contribution in [0.5, 0.6) is 0 Å². The Hall–Kier alpha value is -2.28. The fourth-order valence-corrected chi connectivity index (χ4v) is 5.41. The number of H-pyrrole nitrogens is 1. The molecule has 158 valence electrons. The first-order valence-electron chi connectivity index (χ1n) is 11.0. The van der Waals surface area contributed by atoms with Gasteiger partial charge in [-0.1, -0.05) is 36.9 Å². The van der Waals surface area contributed by atoms with Gasteiger partial charge < -0.3 is 9.88 Å². The standard InChI is InChI=1S/C23H29N5OS/c1-14-10-12-27(13-11-14)22-25-26-23(28(22)17-8-9-17)30-16(3)21(29)20-15(2)24-19-7-5-4-6-18(19)20/h4-7,14,16-17,24H,8-13H2,1-3H3.